The predicted octanol–water partition coefficient (Wildman–Crippen LogP) is 3.18. The Labute approximate surface area is 129 Å². The van der Waals surface area contributed by atoms with Crippen LogP contribution < -0.4 is 0 Å². The molecule has 0 aliphatic heterocycles. The second-order valence-electron chi connectivity index (χ2n) is 4.29. The second kappa shape index (κ2) is 5.27. The molecule has 7 heteroatoms. The number of carbonyl (C=O) groups excluding carboxylic acids is 2. The molecular formula is C14H7Cl2N3O2. The quantitative estimate of drug-likeness (QED) is 0.695. The minimum absolute atomic E-state index is 0.360. The monoisotopic (exact) mass is 319 g/mol. The normalized spacial score (nSPS) is 10.8. The summed E-state index contributed by atoms with van der Waals surface area (Å²) in [6.07, 6.45) is 0. The van der Waals surface area contributed by atoms with Crippen molar-refractivity contribution in [1.82, 2.24) is 15.0 Å². The zero-order valence-electron chi connectivity index (χ0n) is 10.5. The van der Waals surface area contributed by atoms with E-state index in [1.807, 2.05) is 0 Å². The molecule has 0 amide bonds. The van der Waals surface area contributed by atoms with Gasteiger partial charge in [0, 0.05) is 11.1 Å². The molecule has 0 spiro atoms. The van der Waals surface area contributed by atoms with E-state index in [9.17, 15) is 9.59 Å². The molecule has 3 rings (SSSR count). The summed E-state index contributed by atoms with van der Waals surface area (Å²) in [7, 11) is 0. The summed E-state index contributed by atoms with van der Waals surface area (Å²) in [5.41, 5.74) is 2.62. The molecule has 3 aromatic rings. The standard InChI is InChI=1S/C14H7Cl2N3O2/c15-13(20)8-1-4-10(5-2-8)19-17-11-6-3-9(14(16)21)7-12(11)18-19/h1-7H. The van der Waals surface area contributed by atoms with Gasteiger partial charge in [0.25, 0.3) is 10.5 Å². The van der Waals surface area contributed by atoms with Crippen molar-refractivity contribution in [3.63, 3.8) is 0 Å². The van der Waals surface area contributed by atoms with E-state index in [1.54, 1.807) is 42.5 Å². The maximum Gasteiger partial charge on any atom is 0.252 e. The molecule has 0 saturated heterocycles. The van der Waals surface area contributed by atoms with Crippen LogP contribution in [0.1, 0.15) is 20.7 Å². The first kappa shape index (κ1) is 13.7. The van der Waals surface area contributed by atoms with Gasteiger partial charge in [-0.25, -0.2) is 0 Å². The Hall–Kier alpha value is -2.24. The highest BCUT2D eigenvalue weighted by molar-refractivity contribution is 6.68. The molecule has 0 aliphatic rings. The highest BCUT2D eigenvalue weighted by atomic mass is 35.5. The van der Waals surface area contributed by atoms with Gasteiger partial charge in [-0.1, -0.05) is 0 Å². The number of hydrogen-bond donors (Lipinski definition) is 0. The van der Waals surface area contributed by atoms with Crippen molar-refractivity contribution in [3.8, 4) is 5.69 Å². The number of fused-ring (bicyclic) bond motifs is 1. The number of benzene rings is 2. The minimum atomic E-state index is -0.545. The SMILES string of the molecule is O=C(Cl)c1ccc(-n2nc3ccc(C(=O)Cl)cc3n2)cc1. The molecule has 104 valence electrons. The maximum absolute atomic E-state index is 11.1. The van der Waals surface area contributed by atoms with Crippen LogP contribution in [0.4, 0.5) is 0 Å². The minimum Gasteiger partial charge on any atom is -0.276 e. The van der Waals surface area contributed by atoms with E-state index in [2.05, 4.69) is 10.2 Å². The Morgan fingerprint density at radius 1 is 0.810 bits per heavy atom. The molecule has 5 nitrogen and oxygen atoms in total. The van der Waals surface area contributed by atoms with E-state index >= 15 is 0 Å². The first-order valence-corrected chi connectivity index (χ1v) is 6.67. The van der Waals surface area contributed by atoms with Crippen LogP contribution in [0.25, 0.3) is 16.7 Å². The molecule has 0 saturated carbocycles. The lowest BCUT2D eigenvalue weighted by atomic mass is 10.2. The highest BCUT2D eigenvalue weighted by Gasteiger charge is 2.09. The Morgan fingerprint density at radius 2 is 1.38 bits per heavy atom. The van der Waals surface area contributed by atoms with Gasteiger partial charge in [-0.2, -0.15) is 4.80 Å². The first-order valence-electron chi connectivity index (χ1n) is 5.92. The smallest absolute Gasteiger partial charge is 0.252 e. The second-order valence-corrected chi connectivity index (χ2v) is 4.97. The molecule has 0 fully saturated rings. The predicted molar refractivity (Wildman–Crippen MR) is 79.2 cm³/mol. The number of hydrogen-bond acceptors (Lipinski definition) is 4. The van der Waals surface area contributed by atoms with E-state index in [0.29, 0.717) is 27.8 Å². The van der Waals surface area contributed by atoms with Gasteiger partial charge in [-0.05, 0) is 65.7 Å². The summed E-state index contributed by atoms with van der Waals surface area (Å²) in [5.74, 6) is 0. The zero-order chi connectivity index (χ0) is 15.0. The Morgan fingerprint density at radius 3 is 2.00 bits per heavy atom. The van der Waals surface area contributed by atoms with E-state index in [4.69, 9.17) is 23.2 Å². The zero-order valence-corrected chi connectivity index (χ0v) is 12.0. The lowest BCUT2D eigenvalue weighted by molar-refractivity contribution is 0.107. The molecular weight excluding hydrogens is 313 g/mol. The van der Waals surface area contributed by atoms with Crippen LogP contribution in [0, 0.1) is 0 Å². The molecule has 0 N–H and O–H groups in total. The number of carbonyl (C=O) groups is 2. The van der Waals surface area contributed by atoms with Gasteiger partial charge in [0.15, 0.2) is 0 Å². The molecule has 1 heterocycles. The van der Waals surface area contributed by atoms with Crippen molar-refractivity contribution >= 4 is 44.7 Å². The number of aromatic nitrogens is 3. The summed E-state index contributed by atoms with van der Waals surface area (Å²) >= 11 is 10.8. The third-order valence-corrected chi connectivity index (χ3v) is 3.37. The van der Waals surface area contributed by atoms with E-state index in [1.165, 1.54) is 4.80 Å². The maximum atomic E-state index is 11.1. The summed E-state index contributed by atoms with van der Waals surface area (Å²) in [6.45, 7) is 0. The van der Waals surface area contributed by atoms with Crippen LogP contribution in [0.3, 0.4) is 0 Å². The van der Waals surface area contributed by atoms with E-state index in [-0.39, 0.29) is 0 Å². The van der Waals surface area contributed by atoms with Crippen molar-refractivity contribution < 1.29 is 9.59 Å². The van der Waals surface area contributed by atoms with Gasteiger partial charge in [0.1, 0.15) is 11.0 Å². The van der Waals surface area contributed by atoms with Crippen molar-refractivity contribution in [2.45, 2.75) is 0 Å². The van der Waals surface area contributed by atoms with Gasteiger partial charge in [-0.3, -0.25) is 9.59 Å². The molecule has 2 aromatic carbocycles. The van der Waals surface area contributed by atoms with E-state index < -0.39 is 10.5 Å². The molecule has 0 radical (unpaired) electrons. The Balaban J connectivity index is 2.04. The lowest BCUT2D eigenvalue weighted by Gasteiger charge is -1.99. The molecule has 0 atom stereocenters. The largest absolute Gasteiger partial charge is 0.276 e. The third-order valence-electron chi connectivity index (χ3n) is 2.93. The van der Waals surface area contributed by atoms with Gasteiger partial charge in [0.2, 0.25) is 0 Å². The Kier molecular flexibility index (Phi) is 3.45. The van der Waals surface area contributed by atoms with Gasteiger partial charge in [0.05, 0.1) is 5.69 Å². The van der Waals surface area contributed by atoms with Crippen LogP contribution in [0.15, 0.2) is 42.5 Å². The van der Waals surface area contributed by atoms with E-state index in [0.717, 1.165) is 0 Å². The topological polar surface area (TPSA) is 64.8 Å². The van der Waals surface area contributed by atoms with Gasteiger partial charge in [-0.15, -0.1) is 10.2 Å². The summed E-state index contributed by atoms with van der Waals surface area (Å²) < 4.78 is 0. The molecule has 0 bridgehead atoms. The van der Waals surface area contributed by atoms with Gasteiger partial charge < -0.3 is 0 Å². The molecule has 0 aliphatic carbocycles. The van der Waals surface area contributed by atoms with Crippen molar-refractivity contribution in [2.75, 3.05) is 0 Å². The number of nitrogens with zero attached hydrogens (tertiary/aromatic N) is 3. The third kappa shape index (κ3) is 2.66. The average molecular weight is 320 g/mol. The van der Waals surface area contributed by atoms with Crippen molar-refractivity contribution in [2.24, 2.45) is 0 Å². The summed E-state index contributed by atoms with van der Waals surface area (Å²) in [4.78, 5) is 23.6. The van der Waals surface area contributed by atoms with Crippen LogP contribution in [-0.4, -0.2) is 25.5 Å². The Bertz CT molecular complexity index is 856. The average Bonchev–Trinajstić information content (AvgIpc) is 2.90. The summed E-state index contributed by atoms with van der Waals surface area (Å²) in [5, 5.41) is 7.50. The lowest BCUT2D eigenvalue weighted by Crippen LogP contribution is -1.99. The van der Waals surface area contributed by atoms with Crippen LogP contribution in [0.5, 0.6) is 0 Å². The van der Waals surface area contributed by atoms with Gasteiger partial charge >= 0.3 is 0 Å². The van der Waals surface area contributed by atoms with Crippen LogP contribution in [-0.2, 0) is 0 Å². The molecule has 21 heavy (non-hydrogen) atoms. The first-order chi connectivity index (χ1) is 10.0. The fourth-order valence-corrected chi connectivity index (χ4v) is 2.12. The number of rotatable bonds is 3. The fourth-order valence-electron chi connectivity index (χ4n) is 1.88. The summed E-state index contributed by atoms with van der Waals surface area (Å²) in [6, 6.07) is 11.4. The molecule has 1 aromatic heterocycles. The van der Waals surface area contributed by atoms with Crippen LogP contribution in [0.2, 0.25) is 0 Å². The van der Waals surface area contributed by atoms with Crippen molar-refractivity contribution in [1.29, 1.82) is 0 Å². The molecule has 0 unspecified atom stereocenters. The number of halogens is 2. The highest BCUT2D eigenvalue weighted by Crippen LogP contribution is 2.16. The fraction of sp³-hybridized carbons (Fsp3) is 0. The van der Waals surface area contributed by atoms with Crippen LogP contribution >= 0.6 is 23.2 Å². The van der Waals surface area contributed by atoms with Crippen molar-refractivity contribution in [3.05, 3.63) is 53.6 Å².